The maximum atomic E-state index is 12.6. The van der Waals surface area contributed by atoms with Crippen LogP contribution in [-0.2, 0) is 14.3 Å². The first-order chi connectivity index (χ1) is 13.6. The molecule has 0 aliphatic carbocycles. The fourth-order valence-electron chi connectivity index (χ4n) is 3.03. The number of halogens is 2. The summed E-state index contributed by atoms with van der Waals surface area (Å²) < 4.78 is 11.2. The molecule has 3 rings (SSSR count). The van der Waals surface area contributed by atoms with Crippen molar-refractivity contribution in [3.63, 3.8) is 0 Å². The Bertz CT molecular complexity index is 950. The van der Waals surface area contributed by atoms with E-state index in [0.29, 0.717) is 23.2 Å². The quantitative estimate of drug-likeness (QED) is 0.474. The van der Waals surface area contributed by atoms with Crippen LogP contribution in [0.3, 0.4) is 0 Å². The summed E-state index contributed by atoms with van der Waals surface area (Å²) in [5.41, 5.74) is 0.0189. The number of carbonyl (C=O) groups is 2. The van der Waals surface area contributed by atoms with Crippen LogP contribution in [0.4, 0.5) is 10.7 Å². The number of piperazine rings is 1. The Morgan fingerprint density at radius 3 is 2.62 bits per heavy atom. The summed E-state index contributed by atoms with van der Waals surface area (Å²) in [6, 6.07) is 4.71. The van der Waals surface area contributed by atoms with Crippen molar-refractivity contribution in [3.8, 4) is 0 Å². The van der Waals surface area contributed by atoms with Gasteiger partial charge in [-0.15, -0.1) is 0 Å². The number of carbonyl (C=O) groups excluding carboxylic acids is 2. The highest BCUT2D eigenvalue weighted by atomic mass is 79.9. The van der Waals surface area contributed by atoms with Crippen LogP contribution in [-0.4, -0.2) is 65.3 Å². The zero-order valence-electron chi connectivity index (χ0n) is 16.6. The third-order valence-corrected chi connectivity index (χ3v) is 5.15. The van der Waals surface area contributed by atoms with Crippen LogP contribution in [0.2, 0.25) is 5.15 Å². The minimum Gasteiger partial charge on any atom is -0.467 e. The van der Waals surface area contributed by atoms with Gasteiger partial charge in [0.1, 0.15) is 10.8 Å². The van der Waals surface area contributed by atoms with Gasteiger partial charge >= 0.3 is 12.1 Å². The molecule has 10 heteroatoms. The number of benzene rings is 1. The molecule has 1 amide bonds. The maximum absolute atomic E-state index is 12.6. The third-order valence-electron chi connectivity index (χ3n) is 4.36. The van der Waals surface area contributed by atoms with Crippen LogP contribution in [0.1, 0.15) is 20.8 Å². The van der Waals surface area contributed by atoms with E-state index in [1.807, 2.05) is 23.1 Å². The third kappa shape index (κ3) is 4.90. The van der Waals surface area contributed by atoms with Gasteiger partial charge in [0.2, 0.25) is 5.95 Å². The second-order valence-electron chi connectivity index (χ2n) is 7.63. The number of aromatic nitrogens is 2. The first kappa shape index (κ1) is 21.6. The Balaban J connectivity index is 1.88. The molecule has 2 heterocycles. The van der Waals surface area contributed by atoms with Gasteiger partial charge in [-0.05, 0) is 39.0 Å². The Morgan fingerprint density at radius 2 is 1.97 bits per heavy atom. The number of methoxy groups -OCH3 is 1. The number of fused-ring (bicyclic) bond motifs is 1. The lowest BCUT2D eigenvalue weighted by atomic mass is 10.1. The van der Waals surface area contributed by atoms with Gasteiger partial charge in [0, 0.05) is 22.9 Å². The van der Waals surface area contributed by atoms with Crippen LogP contribution in [0.5, 0.6) is 0 Å². The summed E-state index contributed by atoms with van der Waals surface area (Å²) >= 11 is 9.77. The van der Waals surface area contributed by atoms with Crippen molar-refractivity contribution in [2.24, 2.45) is 0 Å². The Morgan fingerprint density at radius 1 is 1.24 bits per heavy atom. The van der Waals surface area contributed by atoms with Crippen molar-refractivity contribution in [2.45, 2.75) is 32.4 Å². The number of esters is 1. The second-order valence-corrected chi connectivity index (χ2v) is 8.91. The molecule has 2 aromatic rings. The first-order valence-electron chi connectivity index (χ1n) is 9.04. The van der Waals surface area contributed by atoms with E-state index >= 15 is 0 Å². The van der Waals surface area contributed by atoms with Gasteiger partial charge in [-0.3, -0.25) is 4.90 Å². The highest BCUT2D eigenvalue weighted by Crippen LogP contribution is 2.27. The normalized spacial score (nSPS) is 17.4. The minimum atomic E-state index is -0.841. The molecule has 1 aliphatic rings. The van der Waals surface area contributed by atoms with Crippen molar-refractivity contribution < 1.29 is 19.1 Å². The van der Waals surface area contributed by atoms with Crippen LogP contribution < -0.4 is 4.90 Å². The average molecular weight is 486 g/mol. The largest absolute Gasteiger partial charge is 0.467 e. The summed E-state index contributed by atoms with van der Waals surface area (Å²) in [5, 5.41) is 1.04. The zero-order chi connectivity index (χ0) is 21.3. The van der Waals surface area contributed by atoms with Crippen molar-refractivity contribution in [2.75, 3.05) is 31.6 Å². The van der Waals surface area contributed by atoms with E-state index in [4.69, 9.17) is 21.1 Å². The molecule has 0 radical (unpaired) electrons. The van der Waals surface area contributed by atoms with Crippen molar-refractivity contribution >= 4 is 56.4 Å². The van der Waals surface area contributed by atoms with Crippen LogP contribution in [0.25, 0.3) is 10.9 Å². The lowest BCUT2D eigenvalue weighted by molar-refractivity contribution is -0.147. The number of hydrogen-bond donors (Lipinski definition) is 0. The van der Waals surface area contributed by atoms with Crippen LogP contribution in [0.15, 0.2) is 22.7 Å². The van der Waals surface area contributed by atoms with Gasteiger partial charge < -0.3 is 14.4 Å². The molecule has 1 aliphatic heterocycles. The number of nitrogens with zero attached hydrogens (tertiary/aromatic N) is 4. The predicted octanol–water partition coefficient (Wildman–Crippen LogP) is 3.64. The number of ether oxygens (including phenoxy) is 2. The number of anilines is 1. The molecule has 0 spiro atoms. The summed E-state index contributed by atoms with van der Waals surface area (Å²) in [4.78, 5) is 37.1. The fraction of sp³-hybridized carbons (Fsp3) is 0.474. The Hall–Kier alpha value is -2.13. The average Bonchev–Trinajstić information content (AvgIpc) is 2.66. The van der Waals surface area contributed by atoms with Gasteiger partial charge in [-0.2, -0.15) is 0 Å². The molecule has 1 unspecified atom stereocenters. The molecule has 29 heavy (non-hydrogen) atoms. The molecule has 1 aromatic carbocycles. The number of amides is 1. The number of rotatable bonds is 2. The summed E-state index contributed by atoms with van der Waals surface area (Å²) in [5.74, 6) is -0.140. The standard InChI is InChI=1S/C19H22BrClN4O4/c1-19(2,3)29-18(27)25-8-7-24(10-14(25)16(26)28-4)17-22-13-6-5-11(20)9-12(13)15(21)23-17/h5-6,9,14H,7-8,10H2,1-4H3. The van der Waals surface area contributed by atoms with E-state index in [9.17, 15) is 9.59 Å². The van der Waals surface area contributed by atoms with Gasteiger partial charge in [0.05, 0.1) is 19.2 Å². The topological polar surface area (TPSA) is 84.9 Å². The smallest absolute Gasteiger partial charge is 0.411 e. The fourth-order valence-corrected chi connectivity index (χ4v) is 3.62. The van der Waals surface area contributed by atoms with E-state index in [-0.39, 0.29) is 13.1 Å². The van der Waals surface area contributed by atoms with Gasteiger partial charge in [0.25, 0.3) is 0 Å². The molecular weight excluding hydrogens is 464 g/mol. The monoisotopic (exact) mass is 484 g/mol. The lowest BCUT2D eigenvalue weighted by Crippen LogP contribution is -2.59. The molecule has 0 N–H and O–H groups in total. The highest BCUT2D eigenvalue weighted by molar-refractivity contribution is 9.10. The SMILES string of the molecule is COC(=O)C1CN(c2nc(Cl)c3cc(Br)ccc3n2)CCN1C(=O)OC(C)(C)C. The predicted molar refractivity (Wildman–Crippen MR) is 113 cm³/mol. The first-order valence-corrected chi connectivity index (χ1v) is 10.2. The molecular formula is C19H22BrClN4O4. The maximum Gasteiger partial charge on any atom is 0.411 e. The van der Waals surface area contributed by atoms with E-state index in [0.717, 1.165) is 9.86 Å². The molecule has 0 bridgehead atoms. The van der Waals surface area contributed by atoms with E-state index in [2.05, 4.69) is 25.9 Å². The molecule has 1 saturated heterocycles. The lowest BCUT2D eigenvalue weighted by Gasteiger charge is -2.40. The van der Waals surface area contributed by atoms with E-state index < -0.39 is 23.7 Å². The molecule has 156 valence electrons. The van der Waals surface area contributed by atoms with E-state index in [1.54, 1.807) is 20.8 Å². The summed E-state index contributed by atoms with van der Waals surface area (Å²) in [7, 11) is 1.29. The zero-order valence-corrected chi connectivity index (χ0v) is 19.0. The van der Waals surface area contributed by atoms with E-state index in [1.165, 1.54) is 12.0 Å². The molecule has 1 aromatic heterocycles. The van der Waals surface area contributed by atoms with Gasteiger partial charge in [-0.1, -0.05) is 27.5 Å². The molecule has 8 nitrogen and oxygen atoms in total. The number of hydrogen-bond acceptors (Lipinski definition) is 7. The van der Waals surface area contributed by atoms with Crippen molar-refractivity contribution in [1.82, 2.24) is 14.9 Å². The van der Waals surface area contributed by atoms with Gasteiger partial charge in [-0.25, -0.2) is 19.6 Å². The van der Waals surface area contributed by atoms with Crippen LogP contribution >= 0.6 is 27.5 Å². The Kier molecular flexibility index (Phi) is 6.19. The highest BCUT2D eigenvalue weighted by Gasteiger charge is 2.39. The molecule has 1 fully saturated rings. The van der Waals surface area contributed by atoms with Gasteiger partial charge in [0.15, 0.2) is 6.04 Å². The van der Waals surface area contributed by atoms with Crippen molar-refractivity contribution in [1.29, 1.82) is 0 Å². The second kappa shape index (κ2) is 8.31. The Labute approximate surface area is 182 Å². The minimum absolute atomic E-state index is 0.171. The molecule has 0 saturated carbocycles. The molecule has 1 atom stereocenters. The summed E-state index contributed by atoms with van der Waals surface area (Å²) in [6.07, 6.45) is -0.560. The summed E-state index contributed by atoms with van der Waals surface area (Å²) in [6.45, 7) is 6.18. The van der Waals surface area contributed by atoms with Crippen molar-refractivity contribution in [3.05, 3.63) is 27.8 Å². The van der Waals surface area contributed by atoms with Crippen LogP contribution in [0, 0.1) is 0 Å².